The summed E-state index contributed by atoms with van der Waals surface area (Å²) in [4.78, 5) is 6.96. The number of nitrogens with zero attached hydrogens (tertiary/aromatic N) is 2. The first-order valence-corrected chi connectivity index (χ1v) is 6.13. The monoisotopic (exact) mass is 219 g/mol. The van der Waals surface area contributed by atoms with Gasteiger partial charge in [-0.3, -0.25) is 0 Å². The molecule has 2 heterocycles. The van der Waals surface area contributed by atoms with Crippen LogP contribution in [0.3, 0.4) is 0 Å². The fraction of sp³-hybridized carbons (Fsp3) is 0.615. The van der Waals surface area contributed by atoms with Gasteiger partial charge in [0.25, 0.3) is 0 Å². The van der Waals surface area contributed by atoms with Crippen molar-refractivity contribution in [3.8, 4) is 0 Å². The third kappa shape index (κ3) is 2.53. The zero-order valence-corrected chi connectivity index (χ0v) is 10.2. The molecule has 1 fully saturated rings. The molecular formula is C13H21N3. The largest absolute Gasteiger partial charge is 0.356 e. The van der Waals surface area contributed by atoms with Crippen LogP contribution in [-0.2, 0) is 6.42 Å². The van der Waals surface area contributed by atoms with Gasteiger partial charge in [-0.2, -0.15) is 0 Å². The van der Waals surface area contributed by atoms with Gasteiger partial charge in [0.15, 0.2) is 0 Å². The number of anilines is 1. The van der Waals surface area contributed by atoms with Gasteiger partial charge in [0, 0.05) is 25.3 Å². The minimum Gasteiger partial charge on any atom is -0.356 e. The highest BCUT2D eigenvalue weighted by Crippen LogP contribution is 2.22. The van der Waals surface area contributed by atoms with Gasteiger partial charge in [-0.05, 0) is 44.2 Å². The SMILES string of the molecule is Cc1cc(CC(C)N)cnc1N1CCCC1. The van der Waals surface area contributed by atoms with E-state index in [0.717, 1.165) is 25.3 Å². The molecule has 1 saturated heterocycles. The Balaban J connectivity index is 2.15. The summed E-state index contributed by atoms with van der Waals surface area (Å²) in [5.74, 6) is 1.16. The maximum atomic E-state index is 5.80. The molecule has 0 aliphatic carbocycles. The van der Waals surface area contributed by atoms with Crippen LogP contribution >= 0.6 is 0 Å². The second-order valence-corrected chi connectivity index (χ2v) is 4.86. The Labute approximate surface area is 97.7 Å². The molecule has 2 rings (SSSR count). The molecule has 0 spiro atoms. The van der Waals surface area contributed by atoms with E-state index in [1.807, 2.05) is 13.1 Å². The maximum absolute atomic E-state index is 5.80. The van der Waals surface area contributed by atoms with Crippen LogP contribution in [0.2, 0.25) is 0 Å². The Morgan fingerprint density at radius 2 is 2.12 bits per heavy atom. The molecule has 1 aromatic rings. The number of hydrogen-bond donors (Lipinski definition) is 1. The second kappa shape index (κ2) is 4.83. The zero-order valence-electron chi connectivity index (χ0n) is 10.2. The first kappa shape index (κ1) is 11.4. The lowest BCUT2D eigenvalue weighted by atomic mass is 10.1. The summed E-state index contributed by atoms with van der Waals surface area (Å²) < 4.78 is 0. The van der Waals surface area contributed by atoms with Gasteiger partial charge in [0.05, 0.1) is 0 Å². The van der Waals surface area contributed by atoms with E-state index in [0.29, 0.717) is 0 Å². The van der Waals surface area contributed by atoms with Crippen molar-refractivity contribution in [3.05, 3.63) is 23.4 Å². The van der Waals surface area contributed by atoms with Crippen LogP contribution in [0.5, 0.6) is 0 Å². The van der Waals surface area contributed by atoms with Gasteiger partial charge in [0.1, 0.15) is 5.82 Å². The fourth-order valence-electron chi connectivity index (χ4n) is 2.37. The normalized spacial score (nSPS) is 17.8. The van der Waals surface area contributed by atoms with E-state index in [1.165, 1.54) is 24.0 Å². The average molecular weight is 219 g/mol. The molecule has 16 heavy (non-hydrogen) atoms. The molecule has 0 radical (unpaired) electrons. The minimum absolute atomic E-state index is 0.207. The summed E-state index contributed by atoms with van der Waals surface area (Å²) >= 11 is 0. The number of aromatic nitrogens is 1. The quantitative estimate of drug-likeness (QED) is 0.844. The predicted octanol–water partition coefficient (Wildman–Crippen LogP) is 1.88. The van der Waals surface area contributed by atoms with Gasteiger partial charge >= 0.3 is 0 Å². The number of aryl methyl sites for hydroxylation is 1. The highest BCUT2D eigenvalue weighted by molar-refractivity contribution is 5.48. The Morgan fingerprint density at radius 3 is 2.69 bits per heavy atom. The van der Waals surface area contributed by atoms with Gasteiger partial charge in [-0.25, -0.2) is 4.98 Å². The first-order chi connectivity index (χ1) is 7.66. The van der Waals surface area contributed by atoms with Gasteiger partial charge in [-0.15, -0.1) is 0 Å². The highest BCUT2D eigenvalue weighted by atomic mass is 15.2. The van der Waals surface area contributed by atoms with Crippen molar-refractivity contribution in [2.45, 2.75) is 39.2 Å². The molecule has 0 bridgehead atoms. The molecule has 1 aromatic heterocycles. The molecule has 3 heteroatoms. The van der Waals surface area contributed by atoms with Crippen molar-refractivity contribution < 1.29 is 0 Å². The van der Waals surface area contributed by atoms with E-state index in [9.17, 15) is 0 Å². The van der Waals surface area contributed by atoms with Crippen LogP contribution in [-0.4, -0.2) is 24.1 Å². The van der Waals surface area contributed by atoms with Crippen LogP contribution in [0.25, 0.3) is 0 Å². The molecule has 1 atom stereocenters. The van der Waals surface area contributed by atoms with Crippen LogP contribution in [0.4, 0.5) is 5.82 Å². The van der Waals surface area contributed by atoms with Crippen molar-refractivity contribution in [1.82, 2.24) is 4.98 Å². The number of rotatable bonds is 3. The molecule has 1 aliphatic rings. The standard InChI is InChI=1S/C13H21N3/c1-10-7-12(8-11(2)14)9-15-13(10)16-5-3-4-6-16/h7,9,11H,3-6,8,14H2,1-2H3. The molecule has 0 saturated carbocycles. The Kier molecular flexibility index (Phi) is 3.44. The third-order valence-corrected chi connectivity index (χ3v) is 3.07. The van der Waals surface area contributed by atoms with E-state index < -0.39 is 0 Å². The Bertz CT molecular complexity index is 354. The van der Waals surface area contributed by atoms with Crippen molar-refractivity contribution >= 4 is 5.82 Å². The topological polar surface area (TPSA) is 42.1 Å². The van der Waals surface area contributed by atoms with E-state index in [2.05, 4.69) is 22.9 Å². The van der Waals surface area contributed by atoms with Crippen molar-refractivity contribution in [2.24, 2.45) is 5.73 Å². The van der Waals surface area contributed by atoms with E-state index >= 15 is 0 Å². The molecule has 1 unspecified atom stereocenters. The Morgan fingerprint density at radius 1 is 1.44 bits per heavy atom. The van der Waals surface area contributed by atoms with Crippen LogP contribution in [0.1, 0.15) is 30.9 Å². The number of hydrogen-bond acceptors (Lipinski definition) is 3. The van der Waals surface area contributed by atoms with Gasteiger partial charge in [-0.1, -0.05) is 6.07 Å². The molecule has 0 aromatic carbocycles. The summed E-state index contributed by atoms with van der Waals surface area (Å²) in [7, 11) is 0. The van der Waals surface area contributed by atoms with Crippen LogP contribution in [0, 0.1) is 6.92 Å². The number of nitrogens with two attached hydrogens (primary N) is 1. The maximum Gasteiger partial charge on any atom is 0.131 e. The van der Waals surface area contributed by atoms with Crippen molar-refractivity contribution in [2.75, 3.05) is 18.0 Å². The van der Waals surface area contributed by atoms with Crippen molar-refractivity contribution in [3.63, 3.8) is 0 Å². The summed E-state index contributed by atoms with van der Waals surface area (Å²) in [6, 6.07) is 2.43. The fourth-order valence-corrected chi connectivity index (χ4v) is 2.37. The lowest BCUT2D eigenvalue weighted by molar-refractivity contribution is 0.734. The highest BCUT2D eigenvalue weighted by Gasteiger charge is 2.15. The van der Waals surface area contributed by atoms with Crippen LogP contribution in [0.15, 0.2) is 12.3 Å². The van der Waals surface area contributed by atoms with E-state index in [4.69, 9.17) is 5.73 Å². The molecule has 88 valence electrons. The van der Waals surface area contributed by atoms with E-state index in [1.54, 1.807) is 0 Å². The van der Waals surface area contributed by atoms with Crippen LogP contribution < -0.4 is 10.6 Å². The minimum atomic E-state index is 0.207. The second-order valence-electron chi connectivity index (χ2n) is 4.86. The smallest absolute Gasteiger partial charge is 0.131 e. The van der Waals surface area contributed by atoms with Crippen molar-refractivity contribution in [1.29, 1.82) is 0 Å². The number of pyridine rings is 1. The summed E-state index contributed by atoms with van der Waals surface area (Å²) in [5.41, 5.74) is 8.32. The first-order valence-electron chi connectivity index (χ1n) is 6.13. The average Bonchev–Trinajstić information content (AvgIpc) is 2.69. The Hall–Kier alpha value is -1.09. The summed E-state index contributed by atoms with van der Waals surface area (Å²) in [6.07, 6.45) is 5.48. The molecule has 1 aliphatic heterocycles. The summed E-state index contributed by atoms with van der Waals surface area (Å²) in [6.45, 7) is 6.48. The molecule has 2 N–H and O–H groups in total. The van der Waals surface area contributed by atoms with Gasteiger partial charge in [0.2, 0.25) is 0 Å². The van der Waals surface area contributed by atoms with Gasteiger partial charge < -0.3 is 10.6 Å². The van der Waals surface area contributed by atoms with E-state index in [-0.39, 0.29) is 6.04 Å². The lowest BCUT2D eigenvalue weighted by Gasteiger charge is -2.19. The predicted molar refractivity (Wildman–Crippen MR) is 67.8 cm³/mol. The third-order valence-electron chi connectivity index (χ3n) is 3.07. The zero-order chi connectivity index (χ0) is 11.5. The molecule has 0 amide bonds. The molecule has 3 nitrogen and oxygen atoms in total. The lowest BCUT2D eigenvalue weighted by Crippen LogP contribution is -2.21. The summed E-state index contributed by atoms with van der Waals surface area (Å²) in [5, 5.41) is 0. The molecular weight excluding hydrogens is 198 g/mol.